The quantitative estimate of drug-likeness (QED) is 0.853. The summed E-state index contributed by atoms with van der Waals surface area (Å²) >= 11 is 3.41. The van der Waals surface area contributed by atoms with E-state index in [2.05, 4.69) is 21.2 Å². The van der Waals surface area contributed by atoms with Crippen LogP contribution in [-0.2, 0) is 4.74 Å². The van der Waals surface area contributed by atoms with Crippen molar-refractivity contribution in [2.24, 2.45) is 0 Å². The number of halogens is 1. The van der Waals surface area contributed by atoms with Crippen molar-refractivity contribution < 1.29 is 14.3 Å². The molecule has 0 aliphatic carbocycles. The van der Waals surface area contributed by atoms with Crippen LogP contribution in [0.5, 0.6) is 5.75 Å². The Kier molecular flexibility index (Phi) is 4.04. The van der Waals surface area contributed by atoms with E-state index >= 15 is 0 Å². The molecular formula is C14H18BrNO3. The first-order valence-electron chi connectivity index (χ1n) is 6.27. The van der Waals surface area contributed by atoms with Crippen LogP contribution in [0.3, 0.4) is 0 Å². The molecule has 0 saturated heterocycles. The van der Waals surface area contributed by atoms with E-state index in [4.69, 9.17) is 9.47 Å². The number of fused-ring (bicyclic) bond motifs is 1. The third kappa shape index (κ3) is 3.86. The fourth-order valence-electron chi connectivity index (χ4n) is 1.96. The van der Waals surface area contributed by atoms with Gasteiger partial charge >= 0.3 is 6.09 Å². The molecule has 1 amide bonds. The van der Waals surface area contributed by atoms with E-state index < -0.39 is 11.7 Å². The lowest BCUT2D eigenvalue weighted by Gasteiger charge is -2.28. The van der Waals surface area contributed by atoms with Crippen LogP contribution in [0.25, 0.3) is 0 Å². The van der Waals surface area contributed by atoms with Crippen LogP contribution in [0, 0.1) is 0 Å². The van der Waals surface area contributed by atoms with Gasteiger partial charge in [0.2, 0.25) is 0 Å². The number of hydrogen-bond acceptors (Lipinski definition) is 3. The van der Waals surface area contributed by atoms with Crippen molar-refractivity contribution in [2.45, 2.75) is 38.8 Å². The summed E-state index contributed by atoms with van der Waals surface area (Å²) in [7, 11) is 0. The second-order valence-electron chi connectivity index (χ2n) is 5.52. The molecule has 19 heavy (non-hydrogen) atoms. The molecule has 4 nitrogen and oxygen atoms in total. The minimum Gasteiger partial charge on any atom is -0.493 e. The van der Waals surface area contributed by atoms with E-state index in [9.17, 15) is 4.79 Å². The first kappa shape index (κ1) is 14.2. The molecule has 104 valence electrons. The van der Waals surface area contributed by atoms with E-state index in [1.54, 1.807) is 0 Å². The second kappa shape index (κ2) is 5.41. The summed E-state index contributed by atoms with van der Waals surface area (Å²) in [5.41, 5.74) is 0.498. The van der Waals surface area contributed by atoms with Crippen LogP contribution in [-0.4, -0.2) is 18.3 Å². The third-order valence-electron chi connectivity index (χ3n) is 2.71. The Hall–Kier alpha value is -1.23. The van der Waals surface area contributed by atoms with Gasteiger partial charge in [-0.2, -0.15) is 0 Å². The molecule has 1 aliphatic rings. The van der Waals surface area contributed by atoms with Crippen molar-refractivity contribution >= 4 is 22.0 Å². The molecule has 0 bridgehead atoms. The standard InChI is InChI=1S/C14H18BrNO3/c1-14(2,3)19-13(17)16-11-6-7-18-12-8-9(15)4-5-10(11)12/h4-5,8,11H,6-7H2,1-3H3,(H,16,17). The number of carbonyl (C=O) groups is 1. The van der Waals surface area contributed by atoms with Gasteiger partial charge in [0.25, 0.3) is 0 Å². The Labute approximate surface area is 121 Å². The summed E-state index contributed by atoms with van der Waals surface area (Å²) in [5.74, 6) is 0.807. The van der Waals surface area contributed by atoms with Crippen molar-refractivity contribution in [1.82, 2.24) is 5.32 Å². The highest BCUT2D eigenvalue weighted by Gasteiger charge is 2.25. The summed E-state index contributed by atoms with van der Waals surface area (Å²) in [4.78, 5) is 11.8. The number of rotatable bonds is 1. The maximum atomic E-state index is 11.8. The van der Waals surface area contributed by atoms with Crippen LogP contribution in [0.2, 0.25) is 0 Å². The molecule has 1 aliphatic heterocycles. The summed E-state index contributed by atoms with van der Waals surface area (Å²) in [6.45, 7) is 6.13. The zero-order valence-electron chi connectivity index (χ0n) is 11.3. The summed E-state index contributed by atoms with van der Waals surface area (Å²) in [6, 6.07) is 5.75. The van der Waals surface area contributed by atoms with E-state index in [0.29, 0.717) is 6.61 Å². The molecule has 1 N–H and O–H groups in total. The fourth-order valence-corrected chi connectivity index (χ4v) is 2.30. The maximum absolute atomic E-state index is 11.8. The molecule has 0 saturated carbocycles. The topological polar surface area (TPSA) is 47.6 Å². The summed E-state index contributed by atoms with van der Waals surface area (Å²) in [5, 5.41) is 2.89. The normalized spacial score (nSPS) is 18.2. The highest BCUT2D eigenvalue weighted by Crippen LogP contribution is 2.34. The maximum Gasteiger partial charge on any atom is 0.408 e. The zero-order valence-corrected chi connectivity index (χ0v) is 12.9. The van der Waals surface area contributed by atoms with E-state index in [1.807, 2.05) is 39.0 Å². The Morgan fingerprint density at radius 3 is 2.89 bits per heavy atom. The van der Waals surface area contributed by atoms with Gasteiger partial charge in [0.05, 0.1) is 12.6 Å². The lowest BCUT2D eigenvalue weighted by molar-refractivity contribution is 0.0491. The van der Waals surface area contributed by atoms with Gasteiger partial charge in [0.1, 0.15) is 11.4 Å². The van der Waals surface area contributed by atoms with Crippen LogP contribution >= 0.6 is 15.9 Å². The predicted molar refractivity (Wildman–Crippen MR) is 76.4 cm³/mol. The largest absolute Gasteiger partial charge is 0.493 e. The van der Waals surface area contributed by atoms with Crippen LogP contribution < -0.4 is 10.1 Å². The molecule has 1 aromatic carbocycles. The van der Waals surface area contributed by atoms with Gasteiger partial charge in [-0.15, -0.1) is 0 Å². The summed E-state index contributed by atoms with van der Waals surface area (Å²) < 4.78 is 11.8. The number of carbonyl (C=O) groups excluding carboxylic acids is 1. The minimum absolute atomic E-state index is 0.0632. The minimum atomic E-state index is -0.488. The van der Waals surface area contributed by atoms with Crippen molar-refractivity contribution in [3.8, 4) is 5.75 Å². The molecule has 0 fully saturated rings. The monoisotopic (exact) mass is 327 g/mol. The molecule has 1 unspecified atom stereocenters. The Morgan fingerprint density at radius 2 is 2.21 bits per heavy atom. The predicted octanol–water partition coefficient (Wildman–Crippen LogP) is 3.80. The molecule has 2 rings (SSSR count). The molecule has 5 heteroatoms. The number of nitrogens with one attached hydrogen (secondary N) is 1. The molecule has 1 aromatic rings. The van der Waals surface area contributed by atoms with Crippen molar-refractivity contribution in [3.05, 3.63) is 28.2 Å². The van der Waals surface area contributed by atoms with Crippen molar-refractivity contribution in [2.75, 3.05) is 6.61 Å². The molecular weight excluding hydrogens is 310 g/mol. The molecule has 0 spiro atoms. The Bertz CT molecular complexity index is 482. The number of ether oxygens (including phenoxy) is 2. The molecule has 1 atom stereocenters. The first-order chi connectivity index (χ1) is 8.85. The lowest BCUT2D eigenvalue weighted by atomic mass is 10.0. The van der Waals surface area contributed by atoms with Crippen LogP contribution in [0.1, 0.15) is 38.8 Å². The second-order valence-corrected chi connectivity index (χ2v) is 6.43. The van der Waals surface area contributed by atoms with Gasteiger partial charge in [-0.1, -0.05) is 22.0 Å². The van der Waals surface area contributed by atoms with Crippen molar-refractivity contribution in [3.63, 3.8) is 0 Å². The Morgan fingerprint density at radius 1 is 1.47 bits per heavy atom. The summed E-state index contributed by atoms with van der Waals surface area (Å²) in [6.07, 6.45) is 0.349. The van der Waals surface area contributed by atoms with Gasteiger partial charge in [-0.3, -0.25) is 0 Å². The van der Waals surface area contributed by atoms with Crippen molar-refractivity contribution in [1.29, 1.82) is 0 Å². The van der Waals surface area contributed by atoms with Gasteiger partial charge < -0.3 is 14.8 Å². The van der Waals surface area contributed by atoms with Gasteiger partial charge in [-0.05, 0) is 32.9 Å². The molecule has 0 radical (unpaired) electrons. The number of amides is 1. The van der Waals surface area contributed by atoms with Gasteiger partial charge in [-0.25, -0.2) is 4.79 Å². The van der Waals surface area contributed by atoms with Crippen LogP contribution in [0.15, 0.2) is 22.7 Å². The highest BCUT2D eigenvalue weighted by atomic mass is 79.9. The van der Waals surface area contributed by atoms with E-state index in [-0.39, 0.29) is 6.04 Å². The average Bonchev–Trinajstić information content (AvgIpc) is 2.26. The number of hydrogen-bond donors (Lipinski definition) is 1. The van der Waals surface area contributed by atoms with Crippen LogP contribution in [0.4, 0.5) is 4.79 Å². The smallest absolute Gasteiger partial charge is 0.408 e. The Balaban J connectivity index is 2.09. The van der Waals surface area contributed by atoms with E-state index in [1.165, 1.54) is 0 Å². The molecule has 1 heterocycles. The number of benzene rings is 1. The average molecular weight is 328 g/mol. The lowest BCUT2D eigenvalue weighted by Crippen LogP contribution is -2.36. The third-order valence-corrected chi connectivity index (χ3v) is 3.20. The van der Waals surface area contributed by atoms with E-state index in [0.717, 1.165) is 22.2 Å². The SMILES string of the molecule is CC(C)(C)OC(=O)NC1CCOc2cc(Br)ccc21. The first-order valence-corrected chi connectivity index (χ1v) is 7.06. The van der Waals surface area contributed by atoms with Gasteiger partial charge in [0.15, 0.2) is 0 Å². The van der Waals surface area contributed by atoms with Gasteiger partial charge in [0, 0.05) is 16.5 Å². The fraction of sp³-hybridized carbons (Fsp3) is 0.500. The zero-order chi connectivity index (χ0) is 14.0. The number of alkyl carbamates (subject to hydrolysis) is 1. The molecule has 0 aromatic heterocycles. The highest BCUT2D eigenvalue weighted by molar-refractivity contribution is 9.10.